The molecule has 0 bridgehead atoms. The molecule has 2 aromatic heterocycles. The summed E-state index contributed by atoms with van der Waals surface area (Å²) in [7, 11) is 0. The number of ether oxygens (including phenoxy) is 1. The third kappa shape index (κ3) is 1.79. The second-order valence-corrected chi connectivity index (χ2v) is 5.70. The van der Waals surface area contributed by atoms with Crippen LogP contribution in [0.1, 0.15) is 29.6 Å². The number of pyridine rings is 1. The molecule has 1 spiro atoms. The van der Waals surface area contributed by atoms with Gasteiger partial charge >= 0.3 is 0 Å². The van der Waals surface area contributed by atoms with Crippen LogP contribution in [0, 0.1) is 5.41 Å². The molecule has 1 aliphatic heterocycles. The van der Waals surface area contributed by atoms with E-state index in [2.05, 4.69) is 20.5 Å². The third-order valence-corrected chi connectivity index (χ3v) is 4.58. The molecule has 1 saturated carbocycles. The highest BCUT2D eigenvalue weighted by molar-refractivity contribution is 6.05. The molecule has 6 nitrogen and oxygen atoms in total. The van der Waals surface area contributed by atoms with E-state index in [0.29, 0.717) is 11.2 Å². The van der Waals surface area contributed by atoms with Gasteiger partial charge < -0.3 is 10.1 Å². The number of hydrogen-bond acceptors (Lipinski definition) is 4. The van der Waals surface area contributed by atoms with Crippen molar-refractivity contribution in [3.05, 3.63) is 24.0 Å². The highest BCUT2D eigenvalue weighted by Gasteiger charge is 2.55. The SMILES string of the molecule is O=C(NC1CC12CCOCC2)c1ccnc2[nH]ncc12. The molecule has 1 atom stereocenters. The highest BCUT2D eigenvalue weighted by Crippen LogP contribution is 2.53. The first-order chi connectivity index (χ1) is 9.78. The van der Waals surface area contributed by atoms with E-state index in [9.17, 15) is 4.79 Å². The minimum absolute atomic E-state index is 0.0350. The Morgan fingerprint density at radius 2 is 2.30 bits per heavy atom. The van der Waals surface area contributed by atoms with E-state index in [4.69, 9.17) is 4.74 Å². The van der Waals surface area contributed by atoms with E-state index in [-0.39, 0.29) is 17.4 Å². The average Bonchev–Trinajstić information content (AvgIpc) is 2.90. The fourth-order valence-electron chi connectivity index (χ4n) is 3.17. The summed E-state index contributed by atoms with van der Waals surface area (Å²) in [6, 6.07) is 2.03. The molecule has 6 heteroatoms. The van der Waals surface area contributed by atoms with Gasteiger partial charge in [-0.1, -0.05) is 0 Å². The van der Waals surface area contributed by atoms with E-state index in [1.165, 1.54) is 0 Å². The molecule has 2 aromatic rings. The fraction of sp³-hybridized carbons (Fsp3) is 0.500. The van der Waals surface area contributed by atoms with E-state index in [1.807, 2.05) is 0 Å². The zero-order valence-corrected chi connectivity index (χ0v) is 11.1. The normalized spacial score (nSPS) is 23.9. The zero-order valence-electron chi connectivity index (χ0n) is 11.1. The molecule has 0 radical (unpaired) electrons. The molecule has 2 aliphatic rings. The lowest BCUT2D eigenvalue weighted by Gasteiger charge is -2.22. The van der Waals surface area contributed by atoms with Gasteiger partial charge in [-0.25, -0.2) is 4.98 Å². The number of nitrogens with zero attached hydrogens (tertiary/aromatic N) is 2. The molecular weight excluding hydrogens is 256 g/mol. The Morgan fingerprint density at radius 1 is 1.45 bits per heavy atom. The Labute approximate surface area is 115 Å². The van der Waals surface area contributed by atoms with Crippen LogP contribution in [0.25, 0.3) is 11.0 Å². The summed E-state index contributed by atoms with van der Waals surface area (Å²) in [5.41, 5.74) is 1.57. The molecule has 4 rings (SSSR count). The average molecular weight is 272 g/mol. The lowest BCUT2D eigenvalue weighted by atomic mass is 9.96. The number of carbonyl (C=O) groups excluding carboxylic acids is 1. The molecule has 104 valence electrons. The van der Waals surface area contributed by atoms with Crippen LogP contribution < -0.4 is 5.32 Å². The molecular formula is C14H16N4O2. The third-order valence-electron chi connectivity index (χ3n) is 4.58. The summed E-state index contributed by atoms with van der Waals surface area (Å²) in [4.78, 5) is 16.6. The van der Waals surface area contributed by atoms with Crippen LogP contribution in [-0.4, -0.2) is 40.3 Å². The van der Waals surface area contributed by atoms with Crippen molar-refractivity contribution >= 4 is 16.9 Å². The van der Waals surface area contributed by atoms with E-state index in [0.717, 1.165) is 37.9 Å². The minimum Gasteiger partial charge on any atom is -0.381 e. The zero-order chi connectivity index (χ0) is 13.6. The van der Waals surface area contributed by atoms with E-state index in [1.54, 1.807) is 18.5 Å². The van der Waals surface area contributed by atoms with Crippen LogP contribution in [0.2, 0.25) is 0 Å². The molecule has 1 unspecified atom stereocenters. The standard InChI is InChI=1S/C14H16N4O2/c19-13(9-1-4-15-12-10(9)8-16-18-12)17-11-7-14(11)2-5-20-6-3-14/h1,4,8,11H,2-3,5-7H2,(H,17,19)(H,15,16,18). The first-order valence-electron chi connectivity index (χ1n) is 6.95. The van der Waals surface area contributed by atoms with Crippen molar-refractivity contribution in [3.63, 3.8) is 0 Å². The van der Waals surface area contributed by atoms with Gasteiger partial charge in [0.25, 0.3) is 5.91 Å². The van der Waals surface area contributed by atoms with Crippen molar-refractivity contribution in [2.75, 3.05) is 13.2 Å². The van der Waals surface area contributed by atoms with Crippen LogP contribution in [0.3, 0.4) is 0 Å². The molecule has 1 aliphatic carbocycles. The molecule has 0 aromatic carbocycles. The number of hydrogen-bond donors (Lipinski definition) is 2. The summed E-state index contributed by atoms with van der Waals surface area (Å²) >= 11 is 0. The summed E-state index contributed by atoms with van der Waals surface area (Å²) in [5.74, 6) is -0.0350. The van der Waals surface area contributed by atoms with Crippen LogP contribution in [0.15, 0.2) is 18.5 Å². The summed E-state index contributed by atoms with van der Waals surface area (Å²) in [6.45, 7) is 1.63. The Balaban J connectivity index is 1.53. The van der Waals surface area contributed by atoms with Gasteiger partial charge in [0, 0.05) is 25.5 Å². The van der Waals surface area contributed by atoms with E-state index < -0.39 is 0 Å². The van der Waals surface area contributed by atoms with Gasteiger partial charge in [0.15, 0.2) is 5.65 Å². The molecule has 3 heterocycles. The predicted octanol–water partition coefficient (Wildman–Crippen LogP) is 1.26. The Morgan fingerprint density at radius 3 is 3.15 bits per heavy atom. The Kier molecular flexibility index (Phi) is 2.53. The van der Waals surface area contributed by atoms with Crippen molar-refractivity contribution in [3.8, 4) is 0 Å². The van der Waals surface area contributed by atoms with Gasteiger partial charge in [-0.2, -0.15) is 5.10 Å². The number of amides is 1. The summed E-state index contributed by atoms with van der Waals surface area (Å²) in [5, 5.41) is 10.6. The maximum Gasteiger partial charge on any atom is 0.252 e. The minimum atomic E-state index is -0.0350. The van der Waals surface area contributed by atoms with Crippen molar-refractivity contribution in [2.45, 2.75) is 25.3 Å². The lowest BCUT2D eigenvalue weighted by molar-refractivity contribution is 0.0535. The van der Waals surface area contributed by atoms with Gasteiger partial charge in [0.05, 0.1) is 17.1 Å². The van der Waals surface area contributed by atoms with Crippen molar-refractivity contribution in [2.24, 2.45) is 5.41 Å². The van der Waals surface area contributed by atoms with Crippen molar-refractivity contribution in [1.82, 2.24) is 20.5 Å². The molecule has 1 saturated heterocycles. The number of aromatic amines is 1. The fourth-order valence-corrected chi connectivity index (χ4v) is 3.17. The Bertz CT molecular complexity index is 660. The second-order valence-electron chi connectivity index (χ2n) is 5.70. The highest BCUT2D eigenvalue weighted by atomic mass is 16.5. The first kappa shape index (κ1) is 11.8. The van der Waals surface area contributed by atoms with Crippen LogP contribution in [-0.2, 0) is 4.74 Å². The monoisotopic (exact) mass is 272 g/mol. The summed E-state index contributed by atoms with van der Waals surface area (Å²) in [6.07, 6.45) is 6.45. The molecule has 2 N–H and O–H groups in total. The lowest BCUT2D eigenvalue weighted by Crippen LogP contribution is -2.32. The van der Waals surface area contributed by atoms with Gasteiger partial charge in [-0.15, -0.1) is 0 Å². The van der Waals surface area contributed by atoms with Crippen LogP contribution >= 0.6 is 0 Å². The van der Waals surface area contributed by atoms with E-state index >= 15 is 0 Å². The van der Waals surface area contributed by atoms with Gasteiger partial charge in [-0.05, 0) is 30.7 Å². The Hall–Kier alpha value is -1.95. The maximum atomic E-state index is 12.4. The molecule has 20 heavy (non-hydrogen) atoms. The first-order valence-corrected chi connectivity index (χ1v) is 6.95. The second kappa shape index (κ2) is 4.28. The number of carbonyl (C=O) groups is 1. The molecule has 1 amide bonds. The molecule has 2 fully saturated rings. The van der Waals surface area contributed by atoms with Gasteiger partial charge in [-0.3, -0.25) is 9.89 Å². The quantitative estimate of drug-likeness (QED) is 0.862. The number of fused-ring (bicyclic) bond motifs is 1. The van der Waals surface area contributed by atoms with Crippen LogP contribution in [0.4, 0.5) is 0 Å². The largest absolute Gasteiger partial charge is 0.381 e. The van der Waals surface area contributed by atoms with Gasteiger partial charge in [0.1, 0.15) is 0 Å². The number of H-pyrrole nitrogens is 1. The number of nitrogens with one attached hydrogen (secondary N) is 2. The van der Waals surface area contributed by atoms with Crippen LogP contribution in [0.5, 0.6) is 0 Å². The van der Waals surface area contributed by atoms with Gasteiger partial charge in [0.2, 0.25) is 0 Å². The number of rotatable bonds is 2. The summed E-state index contributed by atoms with van der Waals surface area (Å²) < 4.78 is 5.40. The van der Waals surface area contributed by atoms with Crippen molar-refractivity contribution < 1.29 is 9.53 Å². The smallest absolute Gasteiger partial charge is 0.252 e. The predicted molar refractivity (Wildman–Crippen MR) is 72.2 cm³/mol. The maximum absolute atomic E-state index is 12.4. The number of aromatic nitrogens is 3. The topological polar surface area (TPSA) is 79.9 Å². The van der Waals surface area contributed by atoms with Crippen molar-refractivity contribution in [1.29, 1.82) is 0 Å².